The quantitative estimate of drug-likeness (QED) is 0.591. The molecule has 1 unspecified atom stereocenters. The van der Waals surface area contributed by atoms with Crippen LogP contribution in [0.3, 0.4) is 0 Å². The van der Waals surface area contributed by atoms with Crippen LogP contribution in [0, 0.1) is 0 Å². The number of ether oxygens (including phenoxy) is 2. The summed E-state index contributed by atoms with van der Waals surface area (Å²) in [6, 6.07) is 8.24. The monoisotopic (exact) mass is 490 g/mol. The van der Waals surface area contributed by atoms with Crippen molar-refractivity contribution in [3.05, 3.63) is 50.8 Å². The first kappa shape index (κ1) is 19.1. The van der Waals surface area contributed by atoms with Crippen molar-refractivity contribution in [3.63, 3.8) is 0 Å². The topological polar surface area (TPSA) is 107 Å². The summed E-state index contributed by atoms with van der Waals surface area (Å²) in [7, 11) is 0. The van der Waals surface area contributed by atoms with Crippen molar-refractivity contribution >= 4 is 44.8 Å². The third-order valence-electron chi connectivity index (χ3n) is 4.85. The average molecular weight is 491 g/mol. The lowest BCUT2D eigenvalue weighted by Gasteiger charge is -2.21. The Hall–Kier alpha value is -2.92. The van der Waals surface area contributed by atoms with E-state index in [-0.39, 0.29) is 35.4 Å². The average Bonchev–Trinajstić information content (AvgIpc) is 3.52. The van der Waals surface area contributed by atoms with Gasteiger partial charge in [0.2, 0.25) is 11.8 Å². The molecule has 0 saturated carbocycles. The van der Waals surface area contributed by atoms with Crippen molar-refractivity contribution < 1.29 is 23.5 Å². The van der Waals surface area contributed by atoms with Gasteiger partial charge in [-0.15, -0.1) is 10.2 Å². The molecule has 2 aliphatic rings. The predicted octanol–water partition coefficient (Wildman–Crippen LogP) is 3.85. The second-order valence-electron chi connectivity index (χ2n) is 6.73. The molecule has 1 N–H and O–H groups in total. The molecule has 4 heterocycles. The normalized spacial score (nSPS) is 17.4. The number of halogens is 1. The van der Waals surface area contributed by atoms with Crippen molar-refractivity contribution in [2.75, 3.05) is 18.7 Å². The van der Waals surface area contributed by atoms with Crippen molar-refractivity contribution in [2.45, 2.75) is 18.9 Å². The summed E-state index contributed by atoms with van der Waals surface area (Å²) in [5.74, 6) is 0.906. The fraction of sp³-hybridized carbons (Fsp3) is 0.263. The molecule has 154 valence electrons. The summed E-state index contributed by atoms with van der Waals surface area (Å²) in [4.78, 5) is 27.1. The van der Waals surface area contributed by atoms with E-state index in [1.165, 1.54) is 11.3 Å². The number of hydrogen-bond donors (Lipinski definition) is 1. The van der Waals surface area contributed by atoms with Crippen LogP contribution in [0.1, 0.15) is 44.2 Å². The number of furan rings is 1. The highest BCUT2D eigenvalue weighted by Gasteiger charge is 2.35. The van der Waals surface area contributed by atoms with Crippen LogP contribution in [0.4, 0.5) is 5.69 Å². The first-order valence-electron chi connectivity index (χ1n) is 9.19. The predicted molar refractivity (Wildman–Crippen MR) is 110 cm³/mol. The highest BCUT2D eigenvalue weighted by molar-refractivity contribution is 9.10. The number of benzene rings is 1. The Kier molecular flexibility index (Phi) is 4.91. The molecule has 9 nitrogen and oxygen atoms in total. The first-order chi connectivity index (χ1) is 14.6. The van der Waals surface area contributed by atoms with Gasteiger partial charge in [-0.25, -0.2) is 0 Å². The van der Waals surface area contributed by atoms with E-state index in [9.17, 15) is 9.59 Å². The molecule has 1 saturated heterocycles. The zero-order valence-electron chi connectivity index (χ0n) is 15.5. The van der Waals surface area contributed by atoms with Gasteiger partial charge in [0, 0.05) is 18.3 Å². The smallest absolute Gasteiger partial charge is 0.290 e. The minimum atomic E-state index is -0.372. The Balaban J connectivity index is 1.30. The van der Waals surface area contributed by atoms with E-state index in [0.29, 0.717) is 33.4 Å². The largest absolute Gasteiger partial charge is 0.454 e. The molecule has 30 heavy (non-hydrogen) atoms. The zero-order chi connectivity index (χ0) is 20.7. The third-order valence-corrected chi connectivity index (χ3v) is 6.30. The van der Waals surface area contributed by atoms with Crippen LogP contribution in [-0.2, 0) is 0 Å². The number of fused-ring (bicyclic) bond motifs is 1. The summed E-state index contributed by atoms with van der Waals surface area (Å²) < 4.78 is 16.5. The highest BCUT2D eigenvalue weighted by atomic mass is 79.9. The molecule has 11 heteroatoms. The fourth-order valence-electron chi connectivity index (χ4n) is 3.46. The van der Waals surface area contributed by atoms with Crippen LogP contribution < -0.4 is 14.8 Å². The molecule has 1 fully saturated rings. The fourth-order valence-corrected chi connectivity index (χ4v) is 4.65. The van der Waals surface area contributed by atoms with Gasteiger partial charge >= 0.3 is 0 Å². The molecule has 0 bridgehead atoms. The van der Waals surface area contributed by atoms with Crippen LogP contribution in [0.25, 0.3) is 0 Å². The molecule has 3 aromatic rings. The van der Waals surface area contributed by atoms with E-state index < -0.39 is 0 Å². The minimum absolute atomic E-state index is 0.165. The Bertz CT molecular complexity index is 1130. The molecular formula is C19H15BrN4O5S. The SMILES string of the molecule is O=C(Nc1ccc2c(c1)OCO2)c1nnc(C2CCCN2C(=O)c2ccc(Br)o2)s1. The number of carbonyl (C=O) groups is 2. The lowest BCUT2D eigenvalue weighted by Crippen LogP contribution is -2.30. The van der Waals surface area contributed by atoms with Crippen LogP contribution in [0.2, 0.25) is 0 Å². The number of likely N-dealkylation sites (tertiary alicyclic amines) is 1. The number of amides is 2. The molecule has 5 rings (SSSR count). The molecule has 1 aromatic carbocycles. The second kappa shape index (κ2) is 7.73. The number of carbonyl (C=O) groups excluding carboxylic acids is 2. The van der Waals surface area contributed by atoms with E-state index in [0.717, 1.165) is 12.8 Å². The van der Waals surface area contributed by atoms with Gasteiger partial charge < -0.3 is 24.1 Å². The summed E-state index contributed by atoms with van der Waals surface area (Å²) in [5, 5.41) is 11.9. The maximum Gasteiger partial charge on any atom is 0.290 e. The molecule has 0 spiro atoms. The third kappa shape index (κ3) is 3.54. The second-order valence-corrected chi connectivity index (χ2v) is 8.52. The van der Waals surface area contributed by atoms with Crippen LogP contribution in [0.15, 0.2) is 39.4 Å². The van der Waals surface area contributed by atoms with Crippen molar-refractivity contribution in [2.24, 2.45) is 0 Å². The Morgan fingerprint density at radius 1 is 1.17 bits per heavy atom. The number of hydrogen-bond acceptors (Lipinski definition) is 8. The maximum atomic E-state index is 12.8. The van der Waals surface area contributed by atoms with Gasteiger partial charge in [0.25, 0.3) is 11.8 Å². The molecule has 1 atom stereocenters. The van der Waals surface area contributed by atoms with E-state index in [1.807, 2.05) is 0 Å². The molecule has 2 amide bonds. The van der Waals surface area contributed by atoms with Crippen LogP contribution in [-0.4, -0.2) is 40.2 Å². The summed E-state index contributed by atoms with van der Waals surface area (Å²) in [5.41, 5.74) is 0.571. The van der Waals surface area contributed by atoms with Crippen LogP contribution >= 0.6 is 27.3 Å². The number of anilines is 1. The molecule has 0 aliphatic carbocycles. The highest BCUT2D eigenvalue weighted by Crippen LogP contribution is 2.36. The van der Waals surface area contributed by atoms with Gasteiger partial charge in [-0.3, -0.25) is 9.59 Å². The van der Waals surface area contributed by atoms with Gasteiger partial charge in [0.1, 0.15) is 5.01 Å². The Labute approximate surface area is 183 Å². The first-order valence-corrected chi connectivity index (χ1v) is 10.8. The number of aromatic nitrogens is 2. The van der Waals surface area contributed by atoms with Crippen molar-refractivity contribution in [1.29, 1.82) is 0 Å². The molecular weight excluding hydrogens is 476 g/mol. The Morgan fingerprint density at radius 3 is 2.87 bits per heavy atom. The number of rotatable bonds is 4. The summed E-state index contributed by atoms with van der Waals surface area (Å²) in [6.07, 6.45) is 1.60. The lowest BCUT2D eigenvalue weighted by atomic mass is 10.2. The van der Waals surface area contributed by atoms with E-state index in [1.54, 1.807) is 35.2 Å². The summed E-state index contributed by atoms with van der Waals surface area (Å²) >= 11 is 4.40. The van der Waals surface area contributed by atoms with Crippen molar-refractivity contribution in [3.8, 4) is 11.5 Å². The van der Waals surface area contributed by atoms with E-state index >= 15 is 0 Å². The van der Waals surface area contributed by atoms with Gasteiger partial charge in [-0.1, -0.05) is 11.3 Å². The zero-order valence-corrected chi connectivity index (χ0v) is 17.9. The van der Waals surface area contributed by atoms with E-state index in [2.05, 4.69) is 31.4 Å². The minimum Gasteiger partial charge on any atom is -0.454 e. The standard InChI is InChI=1S/C19H15BrN4O5S/c20-15-6-5-13(29-15)19(26)24-7-1-2-11(24)17-22-23-18(30-17)16(25)21-10-3-4-12-14(8-10)28-9-27-12/h3-6,8,11H,1-2,7,9H2,(H,21,25). The Morgan fingerprint density at radius 2 is 2.03 bits per heavy atom. The molecule has 0 radical (unpaired) electrons. The molecule has 2 aliphatic heterocycles. The van der Waals surface area contributed by atoms with Gasteiger partial charge in [-0.05, 0) is 53.0 Å². The van der Waals surface area contributed by atoms with Gasteiger partial charge in [0.15, 0.2) is 21.9 Å². The van der Waals surface area contributed by atoms with Gasteiger partial charge in [-0.2, -0.15) is 0 Å². The molecule has 2 aromatic heterocycles. The summed E-state index contributed by atoms with van der Waals surface area (Å²) in [6.45, 7) is 0.762. The lowest BCUT2D eigenvalue weighted by molar-refractivity contribution is 0.0701. The number of nitrogens with one attached hydrogen (secondary N) is 1. The van der Waals surface area contributed by atoms with Gasteiger partial charge in [0.05, 0.1) is 6.04 Å². The number of nitrogens with zero attached hydrogens (tertiary/aromatic N) is 3. The maximum absolute atomic E-state index is 12.8. The van der Waals surface area contributed by atoms with Crippen LogP contribution in [0.5, 0.6) is 11.5 Å². The van der Waals surface area contributed by atoms with E-state index in [4.69, 9.17) is 13.9 Å². The van der Waals surface area contributed by atoms with Crippen molar-refractivity contribution in [1.82, 2.24) is 15.1 Å².